The summed E-state index contributed by atoms with van der Waals surface area (Å²) in [5, 5.41) is 8.70. The van der Waals surface area contributed by atoms with Crippen LogP contribution in [0.2, 0.25) is 0 Å². The monoisotopic (exact) mass is 210 g/mol. The maximum atomic E-state index is 10.6. The van der Waals surface area contributed by atoms with E-state index in [4.69, 9.17) is 5.11 Å². The molecule has 0 aromatic carbocycles. The highest BCUT2D eigenvalue weighted by Gasteiger charge is 2.18. The molecule has 1 aromatic heterocycles. The van der Waals surface area contributed by atoms with Crippen molar-refractivity contribution in [3.8, 4) is 0 Å². The third-order valence-electron chi connectivity index (χ3n) is 2.73. The Morgan fingerprint density at radius 3 is 3.07 bits per heavy atom. The summed E-state index contributed by atoms with van der Waals surface area (Å²) < 4.78 is 0. The minimum Gasteiger partial charge on any atom is -0.481 e. The first-order valence-corrected chi connectivity index (χ1v) is 5.81. The zero-order chi connectivity index (χ0) is 10.1. The van der Waals surface area contributed by atoms with Crippen molar-refractivity contribution in [3.63, 3.8) is 0 Å². The molecule has 1 N–H and O–H groups in total. The molecule has 0 amide bonds. The van der Waals surface area contributed by atoms with Gasteiger partial charge in [0.1, 0.15) is 0 Å². The lowest BCUT2D eigenvalue weighted by Crippen LogP contribution is -2.01. The standard InChI is InChI=1S/C11H14O2S/c1-7(5-11(12)13)10-6-8-3-2-4-9(8)14-10/h6-7H,2-5H2,1H3,(H,12,13). The third kappa shape index (κ3) is 1.82. The van der Waals surface area contributed by atoms with Crippen molar-refractivity contribution in [1.82, 2.24) is 0 Å². The molecule has 1 atom stereocenters. The predicted octanol–water partition coefficient (Wildman–Crippen LogP) is 2.82. The van der Waals surface area contributed by atoms with Gasteiger partial charge in [-0.3, -0.25) is 4.79 Å². The van der Waals surface area contributed by atoms with Gasteiger partial charge in [0.2, 0.25) is 0 Å². The number of hydrogen-bond acceptors (Lipinski definition) is 2. The fourth-order valence-electron chi connectivity index (χ4n) is 1.96. The number of thiophene rings is 1. The van der Waals surface area contributed by atoms with Crippen LogP contribution < -0.4 is 0 Å². The molecule has 76 valence electrons. The van der Waals surface area contributed by atoms with Crippen molar-refractivity contribution >= 4 is 17.3 Å². The van der Waals surface area contributed by atoms with Crippen LogP contribution in [0, 0.1) is 0 Å². The lowest BCUT2D eigenvalue weighted by molar-refractivity contribution is -0.137. The Labute approximate surface area is 87.6 Å². The first-order chi connectivity index (χ1) is 6.66. The molecule has 0 spiro atoms. The Kier molecular flexibility index (Phi) is 2.59. The molecule has 0 aliphatic heterocycles. The number of fused-ring (bicyclic) bond motifs is 1. The first-order valence-electron chi connectivity index (χ1n) is 5.00. The third-order valence-corrected chi connectivity index (χ3v) is 4.20. The lowest BCUT2D eigenvalue weighted by Gasteiger charge is -2.04. The number of carboxylic acids is 1. The van der Waals surface area contributed by atoms with Crippen molar-refractivity contribution in [2.24, 2.45) is 0 Å². The fraction of sp³-hybridized carbons (Fsp3) is 0.545. The fourth-order valence-corrected chi connectivity index (χ4v) is 3.27. The smallest absolute Gasteiger partial charge is 0.303 e. The maximum absolute atomic E-state index is 10.6. The number of carboxylic acid groups (broad SMARTS) is 1. The van der Waals surface area contributed by atoms with E-state index in [0.717, 1.165) is 0 Å². The van der Waals surface area contributed by atoms with Crippen molar-refractivity contribution in [1.29, 1.82) is 0 Å². The van der Waals surface area contributed by atoms with Gasteiger partial charge in [0.25, 0.3) is 0 Å². The molecule has 1 unspecified atom stereocenters. The van der Waals surface area contributed by atoms with E-state index in [1.165, 1.54) is 34.6 Å². The van der Waals surface area contributed by atoms with Crippen molar-refractivity contribution in [2.45, 2.75) is 38.5 Å². The first kappa shape index (κ1) is 9.71. The molecular weight excluding hydrogens is 196 g/mol. The Morgan fingerprint density at radius 2 is 2.43 bits per heavy atom. The zero-order valence-corrected chi connectivity index (χ0v) is 9.06. The van der Waals surface area contributed by atoms with Crippen LogP contribution in [-0.4, -0.2) is 11.1 Å². The summed E-state index contributed by atoms with van der Waals surface area (Å²) in [6.07, 6.45) is 3.90. The van der Waals surface area contributed by atoms with E-state index in [0.29, 0.717) is 0 Å². The Balaban J connectivity index is 2.13. The van der Waals surface area contributed by atoms with Crippen LogP contribution in [-0.2, 0) is 17.6 Å². The topological polar surface area (TPSA) is 37.3 Å². The highest BCUT2D eigenvalue weighted by molar-refractivity contribution is 7.12. The van der Waals surface area contributed by atoms with E-state index in [-0.39, 0.29) is 12.3 Å². The normalized spacial score (nSPS) is 16.6. The van der Waals surface area contributed by atoms with E-state index < -0.39 is 5.97 Å². The van der Waals surface area contributed by atoms with E-state index >= 15 is 0 Å². The minimum atomic E-state index is -0.703. The van der Waals surface area contributed by atoms with E-state index in [2.05, 4.69) is 6.07 Å². The van der Waals surface area contributed by atoms with Gasteiger partial charge in [-0.15, -0.1) is 11.3 Å². The van der Waals surface area contributed by atoms with E-state index in [1.54, 1.807) is 0 Å². The number of rotatable bonds is 3. The van der Waals surface area contributed by atoms with Crippen LogP contribution in [0.4, 0.5) is 0 Å². The second-order valence-electron chi connectivity index (χ2n) is 3.95. The molecule has 0 radical (unpaired) electrons. The van der Waals surface area contributed by atoms with Crippen LogP contribution in [0.5, 0.6) is 0 Å². The van der Waals surface area contributed by atoms with Gasteiger partial charge in [0.15, 0.2) is 0 Å². The predicted molar refractivity (Wildman–Crippen MR) is 57.0 cm³/mol. The molecule has 0 fully saturated rings. The summed E-state index contributed by atoms with van der Waals surface area (Å²) in [7, 11) is 0. The molecule has 0 bridgehead atoms. The van der Waals surface area contributed by atoms with E-state index in [9.17, 15) is 4.79 Å². The number of hydrogen-bond donors (Lipinski definition) is 1. The van der Waals surface area contributed by atoms with Crippen LogP contribution in [0.3, 0.4) is 0 Å². The molecule has 0 saturated heterocycles. The molecule has 2 nitrogen and oxygen atoms in total. The number of aryl methyl sites for hydroxylation is 2. The molecule has 1 heterocycles. The van der Waals surface area contributed by atoms with Gasteiger partial charge in [-0.25, -0.2) is 0 Å². The maximum Gasteiger partial charge on any atom is 0.303 e. The summed E-state index contributed by atoms with van der Waals surface area (Å²) in [5.41, 5.74) is 1.46. The summed E-state index contributed by atoms with van der Waals surface area (Å²) in [5.74, 6) is -0.533. The highest BCUT2D eigenvalue weighted by Crippen LogP contribution is 2.35. The molecular formula is C11H14O2S. The van der Waals surface area contributed by atoms with Crippen LogP contribution in [0.1, 0.15) is 41.0 Å². The number of carbonyl (C=O) groups is 1. The van der Waals surface area contributed by atoms with Crippen molar-refractivity contribution in [3.05, 3.63) is 21.4 Å². The van der Waals surface area contributed by atoms with Gasteiger partial charge < -0.3 is 5.11 Å². The molecule has 1 aromatic rings. The van der Waals surface area contributed by atoms with Gasteiger partial charge in [0.05, 0.1) is 6.42 Å². The van der Waals surface area contributed by atoms with Gasteiger partial charge >= 0.3 is 5.97 Å². The van der Waals surface area contributed by atoms with E-state index in [1.807, 2.05) is 18.3 Å². The lowest BCUT2D eigenvalue weighted by atomic mass is 10.1. The van der Waals surface area contributed by atoms with Crippen molar-refractivity contribution < 1.29 is 9.90 Å². The SMILES string of the molecule is CC(CC(=O)O)c1cc2c(s1)CCC2. The quantitative estimate of drug-likeness (QED) is 0.833. The second-order valence-corrected chi connectivity index (χ2v) is 5.12. The van der Waals surface area contributed by atoms with Gasteiger partial charge in [0, 0.05) is 15.7 Å². The van der Waals surface area contributed by atoms with Gasteiger partial charge in [-0.1, -0.05) is 6.92 Å². The Bertz CT molecular complexity index is 333. The summed E-state index contributed by atoms with van der Waals surface area (Å²) in [6, 6.07) is 2.21. The van der Waals surface area contributed by atoms with Crippen LogP contribution >= 0.6 is 11.3 Å². The second kappa shape index (κ2) is 3.73. The average Bonchev–Trinajstić information content (AvgIpc) is 2.58. The molecule has 0 saturated carbocycles. The average molecular weight is 210 g/mol. The summed E-state index contributed by atoms with van der Waals surface area (Å²) >= 11 is 1.81. The van der Waals surface area contributed by atoms with Crippen LogP contribution in [0.25, 0.3) is 0 Å². The van der Waals surface area contributed by atoms with Gasteiger partial charge in [-0.05, 0) is 30.9 Å². The highest BCUT2D eigenvalue weighted by atomic mass is 32.1. The number of aliphatic carboxylic acids is 1. The summed E-state index contributed by atoms with van der Waals surface area (Å²) in [4.78, 5) is 13.3. The molecule has 1 aliphatic rings. The Hall–Kier alpha value is -0.830. The molecule has 14 heavy (non-hydrogen) atoms. The molecule has 2 rings (SSSR count). The Morgan fingerprint density at radius 1 is 1.64 bits per heavy atom. The summed E-state index contributed by atoms with van der Waals surface area (Å²) in [6.45, 7) is 2.00. The minimum absolute atomic E-state index is 0.170. The largest absolute Gasteiger partial charge is 0.481 e. The van der Waals surface area contributed by atoms with Crippen LogP contribution in [0.15, 0.2) is 6.07 Å². The zero-order valence-electron chi connectivity index (χ0n) is 8.25. The molecule has 3 heteroatoms. The molecule has 1 aliphatic carbocycles. The van der Waals surface area contributed by atoms with Gasteiger partial charge in [-0.2, -0.15) is 0 Å². The van der Waals surface area contributed by atoms with Crippen molar-refractivity contribution in [2.75, 3.05) is 0 Å².